The van der Waals surface area contributed by atoms with Gasteiger partial charge in [0.15, 0.2) is 11.5 Å². The number of hydrogen-bond acceptors (Lipinski definition) is 9. The number of anilines is 1. The molecule has 0 fully saturated rings. The van der Waals surface area contributed by atoms with E-state index in [1.807, 2.05) is 44.2 Å². The number of nitrogens with two attached hydrogens (primary N) is 1. The summed E-state index contributed by atoms with van der Waals surface area (Å²) in [7, 11) is 1.63. The SMILES string of the molecule is COc1ccc(CN=CC(=NN)c2cnc(-n3ncc4cc(C#N)cnc43)cc2NC(C)C)cc1. The van der Waals surface area contributed by atoms with Crippen molar-refractivity contribution in [3.05, 3.63) is 71.7 Å². The van der Waals surface area contributed by atoms with Gasteiger partial charge in [-0.25, -0.2) is 9.97 Å². The molecule has 0 amide bonds. The Morgan fingerprint density at radius 1 is 1.20 bits per heavy atom. The summed E-state index contributed by atoms with van der Waals surface area (Å²) in [6.07, 6.45) is 6.50. The average Bonchev–Trinajstić information content (AvgIpc) is 3.30. The van der Waals surface area contributed by atoms with Gasteiger partial charge >= 0.3 is 0 Å². The molecular formula is C25H25N9O. The highest BCUT2D eigenvalue weighted by Gasteiger charge is 2.15. The minimum atomic E-state index is 0.143. The topological polar surface area (TPSA) is 139 Å². The molecule has 1 aromatic carbocycles. The Bertz CT molecular complexity index is 1430. The summed E-state index contributed by atoms with van der Waals surface area (Å²) in [4.78, 5) is 13.5. The van der Waals surface area contributed by atoms with Gasteiger partial charge in [-0.3, -0.25) is 4.99 Å². The minimum Gasteiger partial charge on any atom is -0.497 e. The van der Waals surface area contributed by atoms with Crippen LogP contribution < -0.4 is 15.9 Å². The van der Waals surface area contributed by atoms with E-state index in [1.165, 1.54) is 6.20 Å². The summed E-state index contributed by atoms with van der Waals surface area (Å²) >= 11 is 0. The molecule has 4 aromatic rings. The molecule has 0 bridgehead atoms. The van der Waals surface area contributed by atoms with E-state index in [-0.39, 0.29) is 6.04 Å². The average molecular weight is 468 g/mol. The number of nitrogens with one attached hydrogen (secondary N) is 1. The molecule has 3 heterocycles. The number of fused-ring (bicyclic) bond motifs is 1. The van der Waals surface area contributed by atoms with Gasteiger partial charge in [0.2, 0.25) is 0 Å². The zero-order valence-electron chi connectivity index (χ0n) is 19.7. The molecule has 0 unspecified atom stereocenters. The van der Waals surface area contributed by atoms with Crippen molar-refractivity contribution in [2.45, 2.75) is 26.4 Å². The van der Waals surface area contributed by atoms with Gasteiger partial charge < -0.3 is 15.9 Å². The lowest BCUT2D eigenvalue weighted by molar-refractivity contribution is 0.414. The van der Waals surface area contributed by atoms with Gasteiger partial charge in [-0.2, -0.15) is 20.1 Å². The maximum atomic E-state index is 9.12. The summed E-state index contributed by atoms with van der Waals surface area (Å²) in [6, 6.07) is 13.5. The zero-order valence-corrected chi connectivity index (χ0v) is 19.7. The first-order valence-electron chi connectivity index (χ1n) is 10.9. The molecule has 0 atom stereocenters. The van der Waals surface area contributed by atoms with Crippen molar-refractivity contribution in [3.8, 4) is 17.6 Å². The number of ether oxygens (including phenoxy) is 1. The molecule has 4 rings (SSSR count). The van der Waals surface area contributed by atoms with E-state index in [9.17, 15) is 0 Å². The number of pyridine rings is 2. The number of aromatic nitrogens is 4. The van der Waals surface area contributed by atoms with E-state index in [2.05, 4.69) is 36.5 Å². The fourth-order valence-electron chi connectivity index (χ4n) is 3.49. The van der Waals surface area contributed by atoms with E-state index in [1.54, 1.807) is 36.5 Å². The van der Waals surface area contributed by atoms with Gasteiger partial charge in [0.1, 0.15) is 17.5 Å². The van der Waals surface area contributed by atoms with Crippen molar-refractivity contribution in [1.82, 2.24) is 19.7 Å². The Labute approximate surface area is 202 Å². The fourth-order valence-corrected chi connectivity index (χ4v) is 3.49. The van der Waals surface area contributed by atoms with Gasteiger partial charge in [-0.15, -0.1) is 0 Å². The molecule has 10 heteroatoms. The lowest BCUT2D eigenvalue weighted by atomic mass is 10.1. The molecule has 35 heavy (non-hydrogen) atoms. The lowest BCUT2D eigenvalue weighted by Gasteiger charge is -2.15. The Morgan fingerprint density at radius 3 is 2.69 bits per heavy atom. The third-order valence-corrected chi connectivity index (χ3v) is 5.15. The maximum Gasteiger partial charge on any atom is 0.164 e. The quantitative estimate of drug-likeness (QED) is 0.230. The Balaban J connectivity index is 1.64. The molecule has 3 aromatic heterocycles. The number of hydrazone groups is 1. The van der Waals surface area contributed by atoms with Crippen LogP contribution in [0.5, 0.6) is 5.75 Å². The van der Waals surface area contributed by atoms with Crippen molar-refractivity contribution in [2.24, 2.45) is 15.9 Å². The van der Waals surface area contributed by atoms with E-state index in [4.69, 9.17) is 15.8 Å². The smallest absolute Gasteiger partial charge is 0.164 e. The van der Waals surface area contributed by atoms with E-state index in [0.717, 1.165) is 22.4 Å². The van der Waals surface area contributed by atoms with Gasteiger partial charge in [-0.1, -0.05) is 12.1 Å². The van der Waals surface area contributed by atoms with Crippen LogP contribution in [0.1, 0.15) is 30.5 Å². The number of rotatable bonds is 8. The molecule has 10 nitrogen and oxygen atoms in total. The van der Waals surface area contributed by atoms with Crippen molar-refractivity contribution in [3.63, 3.8) is 0 Å². The number of benzene rings is 1. The Morgan fingerprint density at radius 2 is 2.00 bits per heavy atom. The van der Waals surface area contributed by atoms with Crippen LogP contribution in [0.3, 0.4) is 0 Å². The zero-order chi connectivity index (χ0) is 24.8. The van der Waals surface area contributed by atoms with E-state index >= 15 is 0 Å². The molecule has 0 saturated carbocycles. The predicted molar refractivity (Wildman–Crippen MR) is 136 cm³/mol. The summed E-state index contributed by atoms with van der Waals surface area (Å²) in [5, 5.41) is 21.7. The standard InChI is InChI=1S/C25H25N9O/c1-16(2)32-22-9-24(34-25-19(13-31-34)8-18(10-26)12-30-25)29-14-21(22)23(33-27)15-28-11-17-4-6-20(35-3)7-5-17/h4-9,12-16H,11,27H2,1-3H3,(H,29,32). The second-order valence-electron chi connectivity index (χ2n) is 8.02. The highest BCUT2D eigenvalue weighted by molar-refractivity contribution is 6.39. The van der Waals surface area contributed by atoms with Crippen LogP contribution in [-0.2, 0) is 6.54 Å². The van der Waals surface area contributed by atoms with Crippen molar-refractivity contribution in [2.75, 3.05) is 12.4 Å². The fraction of sp³-hybridized carbons (Fsp3) is 0.200. The van der Waals surface area contributed by atoms with Gasteiger partial charge in [0.05, 0.1) is 25.4 Å². The number of aliphatic imine (C=N–C) groups is 1. The molecule has 0 radical (unpaired) electrons. The number of nitriles is 1. The summed E-state index contributed by atoms with van der Waals surface area (Å²) < 4.78 is 6.82. The maximum absolute atomic E-state index is 9.12. The molecule has 0 aliphatic rings. The highest BCUT2D eigenvalue weighted by atomic mass is 16.5. The van der Waals surface area contributed by atoms with Gasteiger partial charge in [0, 0.05) is 47.4 Å². The summed E-state index contributed by atoms with van der Waals surface area (Å²) in [5.41, 5.74) is 4.09. The first-order chi connectivity index (χ1) is 17.0. The first-order valence-corrected chi connectivity index (χ1v) is 10.9. The minimum absolute atomic E-state index is 0.143. The number of nitrogens with zero attached hydrogens (tertiary/aromatic N) is 7. The first kappa shape index (κ1) is 23.4. The summed E-state index contributed by atoms with van der Waals surface area (Å²) in [6.45, 7) is 4.54. The molecule has 0 aliphatic carbocycles. The molecule has 176 valence electrons. The monoisotopic (exact) mass is 467 g/mol. The third kappa shape index (κ3) is 5.25. The van der Waals surface area contributed by atoms with E-state index in [0.29, 0.717) is 34.8 Å². The van der Waals surface area contributed by atoms with Crippen LogP contribution in [0.2, 0.25) is 0 Å². The van der Waals surface area contributed by atoms with Crippen LogP contribution in [0.15, 0.2) is 65.1 Å². The largest absolute Gasteiger partial charge is 0.497 e. The van der Waals surface area contributed by atoms with Crippen LogP contribution in [0.25, 0.3) is 16.9 Å². The normalized spacial score (nSPS) is 11.8. The van der Waals surface area contributed by atoms with Crippen LogP contribution >= 0.6 is 0 Å². The second-order valence-corrected chi connectivity index (χ2v) is 8.02. The van der Waals surface area contributed by atoms with Crippen LogP contribution in [0.4, 0.5) is 5.69 Å². The lowest BCUT2D eigenvalue weighted by Crippen LogP contribution is -2.17. The Kier molecular flexibility index (Phi) is 6.97. The highest BCUT2D eigenvalue weighted by Crippen LogP contribution is 2.22. The Hall–Kier alpha value is -4.78. The molecule has 0 aliphatic heterocycles. The van der Waals surface area contributed by atoms with Crippen LogP contribution in [-0.4, -0.2) is 44.8 Å². The van der Waals surface area contributed by atoms with Gasteiger partial charge in [0.25, 0.3) is 0 Å². The van der Waals surface area contributed by atoms with E-state index < -0.39 is 0 Å². The van der Waals surface area contributed by atoms with Crippen molar-refractivity contribution in [1.29, 1.82) is 5.26 Å². The molecule has 3 N–H and O–H groups in total. The molecule has 0 spiro atoms. The van der Waals surface area contributed by atoms with Crippen LogP contribution in [0, 0.1) is 11.3 Å². The van der Waals surface area contributed by atoms with Crippen molar-refractivity contribution < 1.29 is 4.74 Å². The van der Waals surface area contributed by atoms with Crippen molar-refractivity contribution >= 4 is 28.6 Å². The number of hydrogen-bond donors (Lipinski definition) is 2. The predicted octanol–water partition coefficient (Wildman–Crippen LogP) is 3.45. The van der Waals surface area contributed by atoms with Gasteiger partial charge in [-0.05, 0) is 37.6 Å². The third-order valence-electron chi connectivity index (χ3n) is 5.15. The second kappa shape index (κ2) is 10.4. The number of methoxy groups -OCH3 is 1. The molecular weight excluding hydrogens is 442 g/mol. The molecule has 0 saturated heterocycles. The summed E-state index contributed by atoms with van der Waals surface area (Å²) in [5.74, 6) is 7.09.